The van der Waals surface area contributed by atoms with E-state index in [-0.39, 0.29) is 6.54 Å². The van der Waals surface area contributed by atoms with Gasteiger partial charge in [-0.15, -0.1) is 0 Å². The third-order valence-electron chi connectivity index (χ3n) is 4.52. The first kappa shape index (κ1) is 18.0. The summed E-state index contributed by atoms with van der Waals surface area (Å²) in [6, 6.07) is 5.99. The number of hydrogen-bond donors (Lipinski definition) is 0. The molecule has 1 aromatic carbocycles. The van der Waals surface area contributed by atoms with Gasteiger partial charge in [-0.05, 0) is 36.6 Å². The number of urea groups is 1. The summed E-state index contributed by atoms with van der Waals surface area (Å²) in [4.78, 5) is 39.8. The van der Waals surface area contributed by atoms with Crippen molar-refractivity contribution in [3.8, 4) is 6.07 Å². The van der Waals surface area contributed by atoms with E-state index in [4.69, 9.17) is 16.9 Å². The summed E-state index contributed by atoms with van der Waals surface area (Å²) >= 11 is 5.98. The summed E-state index contributed by atoms with van der Waals surface area (Å²) in [6.45, 7) is 3.48. The quantitative estimate of drug-likeness (QED) is 0.784. The van der Waals surface area contributed by atoms with E-state index in [1.807, 2.05) is 6.07 Å². The predicted octanol–water partition coefficient (Wildman–Crippen LogP) is 2.94. The molecule has 0 spiro atoms. The number of rotatable bonds is 4. The monoisotopic (exact) mass is 347 g/mol. The van der Waals surface area contributed by atoms with Gasteiger partial charge in [0.2, 0.25) is 11.8 Å². The number of hydrogen-bond acceptors (Lipinski definition) is 4. The number of barbiturate groups is 1. The van der Waals surface area contributed by atoms with Gasteiger partial charge < -0.3 is 0 Å². The molecule has 0 saturated carbocycles. The lowest BCUT2D eigenvalue weighted by atomic mass is 9.78. The lowest BCUT2D eigenvalue weighted by molar-refractivity contribution is -0.159. The number of nitrogens with zero attached hydrogens (tertiary/aromatic N) is 3. The average Bonchev–Trinajstić information content (AvgIpc) is 2.58. The van der Waals surface area contributed by atoms with Gasteiger partial charge in [-0.2, -0.15) is 5.26 Å². The van der Waals surface area contributed by atoms with E-state index in [2.05, 4.69) is 0 Å². The van der Waals surface area contributed by atoms with Crippen molar-refractivity contribution in [3.63, 3.8) is 0 Å². The molecule has 0 bridgehead atoms. The van der Waals surface area contributed by atoms with Crippen LogP contribution in [0.5, 0.6) is 0 Å². The first-order chi connectivity index (χ1) is 11.3. The molecule has 1 heterocycles. The maximum Gasteiger partial charge on any atom is 0.333 e. The molecule has 4 amide bonds. The van der Waals surface area contributed by atoms with Gasteiger partial charge in [0, 0.05) is 12.1 Å². The Morgan fingerprint density at radius 1 is 1.12 bits per heavy atom. The minimum Gasteiger partial charge on any atom is -0.273 e. The molecule has 0 aromatic heterocycles. The van der Waals surface area contributed by atoms with E-state index in [1.54, 1.807) is 26.0 Å². The van der Waals surface area contributed by atoms with Crippen molar-refractivity contribution < 1.29 is 14.4 Å². The van der Waals surface area contributed by atoms with Gasteiger partial charge >= 0.3 is 6.03 Å². The number of nitriles is 1. The van der Waals surface area contributed by atoms with Crippen molar-refractivity contribution in [3.05, 3.63) is 34.3 Å². The molecule has 24 heavy (non-hydrogen) atoms. The van der Waals surface area contributed by atoms with Crippen molar-refractivity contribution in [1.82, 2.24) is 9.80 Å². The minimum absolute atomic E-state index is 0.0354. The van der Waals surface area contributed by atoms with E-state index in [1.165, 1.54) is 13.1 Å². The van der Waals surface area contributed by atoms with Crippen molar-refractivity contribution in [2.75, 3.05) is 7.05 Å². The van der Waals surface area contributed by atoms with Crippen LogP contribution in [-0.2, 0) is 16.1 Å². The van der Waals surface area contributed by atoms with Crippen molar-refractivity contribution in [2.45, 2.75) is 33.2 Å². The smallest absolute Gasteiger partial charge is 0.273 e. The predicted molar refractivity (Wildman–Crippen MR) is 87.9 cm³/mol. The normalized spacial score (nSPS) is 17.2. The van der Waals surface area contributed by atoms with E-state index in [9.17, 15) is 14.4 Å². The fraction of sp³-hybridized carbons (Fsp3) is 0.412. The SMILES string of the molecule is CCC1(CC)C(=O)N(C)C(=O)N(Cc2cc(Cl)cc(C#N)c2)C1=O. The molecule has 1 aliphatic heterocycles. The van der Waals surface area contributed by atoms with Gasteiger partial charge in [0.1, 0.15) is 5.41 Å². The Hall–Kier alpha value is -2.39. The second-order valence-corrected chi connectivity index (χ2v) is 6.22. The highest BCUT2D eigenvalue weighted by molar-refractivity contribution is 6.30. The number of amides is 4. The van der Waals surface area contributed by atoms with E-state index in [0.717, 1.165) is 9.80 Å². The fourth-order valence-corrected chi connectivity index (χ4v) is 3.27. The molecular formula is C17H18ClN3O3. The Balaban J connectivity index is 2.44. The van der Waals surface area contributed by atoms with Crippen LogP contribution in [-0.4, -0.2) is 34.7 Å². The first-order valence-corrected chi connectivity index (χ1v) is 8.02. The summed E-state index contributed by atoms with van der Waals surface area (Å²) in [6.07, 6.45) is 0.628. The maximum atomic E-state index is 12.9. The van der Waals surface area contributed by atoms with Crippen molar-refractivity contribution in [2.24, 2.45) is 5.41 Å². The number of halogens is 1. The Morgan fingerprint density at radius 3 is 2.29 bits per heavy atom. The largest absolute Gasteiger partial charge is 0.333 e. The molecule has 126 valence electrons. The van der Waals surface area contributed by atoms with Crippen LogP contribution in [0, 0.1) is 16.7 Å². The Kier molecular flexibility index (Phi) is 4.95. The first-order valence-electron chi connectivity index (χ1n) is 7.64. The highest BCUT2D eigenvalue weighted by atomic mass is 35.5. The zero-order valence-electron chi connectivity index (χ0n) is 13.8. The highest BCUT2D eigenvalue weighted by Gasteiger charge is 2.54. The molecule has 0 aliphatic carbocycles. The van der Waals surface area contributed by atoms with Gasteiger partial charge in [0.25, 0.3) is 0 Å². The third-order valence-corrected chi connectivity index (χ3v) is 4.74. The Labute approximate surface area is 145 Å². The third kappa shape index (κ3) is 2.76. The van der Waals surface area contributed by atoms with Crippen molar-refractivity contribution in [1.29, 1.82) is 5.26 Å². The number of carbonyl (C=O) groups excluding carboxylic acids is 3. The molecule has 0 radical (unpaired) electrons. The minimum atomic E-state index is -1.22. The molecular weight excluding hydrogens is 330 g/mol. The summed E-state index contributed by atoms with van der Waals surface area (Å²) in [7, 11) is 1.38. The van der Waals surface area contributed by atoms with Crippen LogP contribution in [0.3, 0.4) is 0 Å². The van der Waals surface area contributed by atoms with Crippen molar-refractivity contribution >= 4 is 29.4 Å². The Morgan fingerprint density at radius 2 is 1.75 bits per heavy atom. The second kappa shape index (κ2) is 6.62. The maximum absolute atomic E-state index is 12.9. The van der Waals surface area contributed by atoms with E-state index >= 15 is 0 Å². The molecule has 0 unspecified atom stereocenters. The second-order valence-electron chi connectivity index (χ2n) is 5.79. The van der Waals surface area contributed by atoms with Crippen LogP contribution in [0.2, 0.25) is 5.02 Å². The lowest BCUT2D eigenvalue weighted by Crippen LogP contribution is -2.63. The van der Waals surface area contributed by atoms with Crippen LogP contribution in [0.15, 0.2) is 18.2 Å². The van der Waals surface area contributed by atoms with Gasteiger partial charge in [0.05, 0.1) is 18.2 Å². The highest BCUT2D eigenvalue weighted by Crippen LogP contribution is 2.36. The number of imide groups is 2. The molecule has 1 fully saturated rings. The summed E-state index contributed by atoms with van der Waals surface area (Å²) in [5.74, 6) is -0.971. The fourth-order valence-electron chi connectivity index (χ4n) is 3.01. The molecule has 0 atom stereocenters. The van der Waals surface area contributed by atoms with Crippen LogP contribution >= 0.6 is 11.6 Å². The van der Waals surface area contributed by atoms with Crippen LogP contribution < -0.4 is 0 Å². The zero-order valence-corrected chi connectivity index (χ0v) is 14.6. The number of benzene rings is 1. The zero-order chi connectivity index (χ0) is 18.1. The van der Waals surface area contributed by atoms with Gasteiger partial charge in [0.15, 0.2) is 0 Å². The summed E-state index contributed by atoms with van der Waals surface area (Å²) < 4.78 is 0. The van der Waals surface area contributed by atoms with E-state index in [0.29, 0.717) is 29.0 Å². The van der Waals surface area contributed by atoms with Crippen LogP contribution in [0.1, 0.15) is 37.8 Å². The molecule has 2 rings (SSSR count). The molecule has 1 aromatic rings. The molecule has 1 aliphatic rings. The van der Waals surface area contributed by atoms with Crippen LogP contribution in [0.4, 0.5) is 4.79 Å². The molecule has 6 nitrogen and oxygen atoms in total. The standard InChI is InChI=1S/C17H18ClN3O3/c1-4-17(5-2)14(22)20(3)16(24)21(15(17)23)10-12-6-11(9-19)7-13(18)8-12/h6-8H,4-5,10H2,1-3H3. The van der Waals surface area contributed by atoms with E-state index < -0.39 is 23.3 Å². The topological polar surface area (TPSA) is 81.5 Å². The lowest BCUT2D eigenvalue weighted by Gasteiger charge is -2.42. The Bertz CT molecular complexity index is 750. The number of carbonyl (C=O) groups is 3. The molecule has 7 heteroatoms. The average molecular weight is 348 g/mol. The van der Waals surface area contributed by atoms with Crippen LogP contribution in [0.25, 0.3) is 0 Å². The summed E-state index contributed by atoms with van der Waals surface area (Å²) in [5.41, 5.74) is -0.320. The van der Waals surface area contributed by atoms with Gasteiger partial charge in [-0.1, -0.05) is 25.4 Å². The summed E-state index contributed by atoms with van der Waals surface area (Å²) in [5, 5.41) is 9.37. The molecule has 0 N–H and O–H groups in total. The van der Waals surface area contributed by atoms with Gasteiger partial charge in [-0.25, -0.2) is 4.79 Å². The van der Waals surface area contributed by atoms with Gasteiger partial charge in [-0.3, -0.25) is 19.4 Å². The molecule has 1 saturated heterocycles.